The molecule has 0 aliphatic heterocycles. The molecule has 0 aromatic heterocycles. The normalized spacial score (nSPS) is 12.9. The van der Waals surface area contributed by atoms with Crippen molar-refractivity contribution >= 4 is 29.3 Å². The Morgan fingerprint density at radius 1 is 1.04 bits per heavy atom. The number of hydrogen-bond donors (Lipinski definition) is 1. The van der Waals surface area contributed by atoms with E-state index in [0.29, 0.717) is 12.0 Å². The summed E-state index contributed by atoms with van der Waals surface area (Å²) in [6.45, 7) is 1.75. The molecular weight excluding hydrogens is 306 g/mol. The van der Waals surface area contributed by atoms with Crippen molar-refractivity contribution in [1.29, 1.82) is 0 Å². The van der Waals surface area contributed by atoms with Crippen molar-refractivity contribution < 1.29 is 9.59 Å². The number of amides is 1. The van der Waals surface area contributed by atoms with Crippen molar-refractivity contribution in [2.24, 2.45) is 5.92 Å². The van der Waals surface area contributed by atoms with Crippen LogP contribution in [0.25, 0.3) is 0 Å². The van der Waals surface area contributed by atoms with Gasteiger partial charge in [0.2, 0.25) is 0 Å². The van der Waals surface area contributed by atoms with E-state index in [1.807, 2.05) is 36.4 Å². The van der Waals surface area contributed by atoms with E-state index in [4.69, 9.17) is 12.2 Å². The van der Waals surface area contributed by atoms with Gasteiger partial charge in [0.05, 0.1) is 6.04 Å². The fraction of sp³-hybridized carbons (Fsp3) is 0.211. The van der Waals surface area contributed by atoms with E-state index < -0.39 is 6.04 Å². The van der Waals surface area contributed by atoms with E-state index in [1.165, 1.54) is 5.37 Å². The maximum absolute atomic E-state index is 12.5. The molecule has 1 N–H and O–H groups in total. The summed E-state index contributed by atoms with van der Waals surface area (Å²) in [7, 11) is 0. The number of nitrogens with one attached hydrogen (secondary N) is 1. The highest BCUT2D eigenvalue weighted by molar-refractivity contribution is 7.79. The van der Waals surface area contributed by atoms with Gasteiger partial charge in [0.1, 0.15) is 0 Å². The topological polar surface area (TPSA) is 46.2 Å². The van der Waals surface area contributed by atoms with Crippen LogP contribution in [0.4, 0.5) is 0 Å². The number of hydrogen-bond acceptors (Lipinski definition) is 3. The van der Waals surface area contributed by atoms with E-state index >= 15 is 0 Å². The SMILES string of the molecule is CC(C=S)C(=O)C(Cc1ccccc1)NC(=O)c1ccccc1. The molecule has 23 heavy (non-hydrogen) atoms. The van der Waals surface area contributed by atoms with Gasteiger partial charge in [-0.15, -0.1) is 0 Å². The number of carbonyl (C=O) groups is 2. The van der Waals surface area contributed by atoms with Crippen LogP contribution in [0, 0.1) is 5.92 Å². The van der Waals surface area contributed by atoms with E-state index in [0.717, 1.165) is 5.56 Å². The Morgan fingerprint density at radius 3 is 2.17 bits per heavy atom. The van der Waals surface area contributed by atoms with Crippen LogP contribution in [-0.4, -0.2) is 23.1 Å². The zero-order valence-corrected chi connectivity index (χ0v) is 13.8. The predicted octanol–water partition coefficient (Wildman–Crippen LogP) is 3.23. The molecule has 0 radical (unpaired) electrons. The number of carbonyl (C=O) groups excluding carboxylic acids is 2. The number of rotatable bonds is 7. The third kappa shape index (κ3) is 4.83. The van der Waals surface area contributed by atoms with E-state index in [9.17, 15) is 9.59 Å². The molecule has 0 spiro atoms. The van der Waals surface area contributed by atoms with Gasteiger partial charge in [0.25, 0.3) is 5.91 Å². The van der Waals surface area contributed by atoms with Crippen LogP contribution < -0.4 is 5.32 Å². The lowest BCUT2D eigenvalue weighted by Gasteiger charge is -2.20. The molecule has 0 saturated carbocycles. The number of benzene rings is 2. The molecule has 0 bridgehead atoms. The number of ketones is 1. The van der Waals surface area contributed by atoms with Crippen LogP contribution >= 0.6 is 12.2 Å². The first kappa shape index (κ1) is 17.0. The largest absolute Gasteiger partial charge is 0.342 e. The fourth-order valence-electron chi connectivity index (χ4n) is 2.29. The molecule has 1 amide bonds. The molecule has 0 saturated heterocycles. The molecule has 3 nitrogen and oxygen atoms in total. The average Bonchev–Trinajstić information content (AvgIpc) is 2.61. The van der Waals surface area contributed by atoms with Gasteiger partial charge in [0, 0.05) is 11.5 Å². The highest BCUT2D eigenvalue weighted by atomic mass is 32.1. The average molecular weight is 325 g/mol. The van der Waals surface area contributed by atoms with Gasteiger partial charge in [0.15, 0.2) is 5.78 Å². The lowest BCUT2D eigenvalue weighted by molar-refractivity contribution is -0.122. The number of thiocarbonyl (C=S) groups is 1. The number of Topliss-reactive ketones (excluding diaryl/α,β-unsaturated/α-hetero) is 1. The van der Waals surface area contributed by atoms with Gasteiger partial charge in [-0.3, -0.25) is 9.59 Å². The van der Waals surface area contributed by atoms with E-state index in [1.54, 1.807) is 31.2 Å². The Balaban J connectivity index is 2.17. The molecule has 2 unspecified atom stereocenters. The van der Waals surface area contributed by atoms with Crippen LogP contribution in [0.15, 0.2) is 60.7 Å². The summed E-state index contributed by atoms with van der Waals surface area (Å²) in [6.07, 6.45) is 0.450. The lowest BCUT2D eigenvalue weighted by atomic mass is 9.95. The van der Waals surface area contributed by atoms with Crippen molar-refractivity contribution in [3.05, 3.63) is 71.8 Å². The zero-order valence-electron chi connectivity index (χ0n) is 12.9. The molecule has 118 valence electrons. The minimum Gasteiger partial charge on any atom is -0.342 e. The Kier molecular flexibility index (Phi) is 6.18. The van der Waals surface area contributed by atoms with Crippen molar-refractivity contribution in [3.8, 4) is 0 Å². The van der Waals surface area contributed by atoms with E-state index in [-0.39, 0.29) is 17.6 Å². The van der Waals surface area contributed by atoms with Crippen molar-refractivity contribution in [2.75, 3.05) is 0 Å². The minimum absolute atomic E-state index is 0.0758. The van der Waals surface area contributed by atoms with Crippen LogP contribution in [0.3, 0.4) is 0 Å². The summed E-state index contributed by atoms with van der Waals surface area (Å²) in [5.74, 6) is -0.709. The minimum atomic E-state index is -0.598. The Bertz CT molecular complexity index is 670. The zero-order chi connectivity index (χ0) is 16.7. The van der Waals surface area contributed by atoms with Crippen LogP contribution in [0.5, 0.6) is 0 Å². The van der Waals surface area contributed by atoms with Gasteiger partial charge < -0.3 is 5.32 Å². The lowest BCUT2D eigenvalue weighted by Crippen LogP contribution is -2.44. The maximum atomic E-state index is 12.5. The van der Waals surface area contributed by atoms with Gasteiger partial charge in [-0.25, -0.2) is 0 Å². The van der Waals surface area contributed by atoms with Crippen LogP contribution in [-0.2, 0) is 11.2 Å². The highest BCUT2D eigenvalue weighted by Crippen LogP contribution is 2.09. The van der Waals surface area contributed by atoms with Crippen molar-refractivity contribution in [2.45, 2.75) is 19.4 Å². The summed E-state index contributed by atoms with van der Waals surface area (Å²) in [5.41, 5.74) is 1.53. The monoisotopic (exact) mass is 325 g/mol. The van der Waals surface area contributed by atoms with Crippen molar-refractivity contribution in [3.63, 3.8) is 0 Å². The molecule has 2 atom stereocenters. The molecule has 0 heterocycles. The quantitative estimate of drug-likeness (QED) is 0.795. The maximum Gasteiger partial charge on any atom is 0.251 e. The fourth-order valence-corrected chi connectivity index (χ4v) is 2.42. The summed E-state index contributed by atoms with van der Waals surface area (Å²) in [5, 5.41) is 4.28. The first-order valence-corrected chi connectivity index (χ1v) is 7.98. The predicted molar refractivity (Wildman–Crippen MR) is 95.7 cm³/mol. The Morgan fingerprint density at radius 2 is 1.61 bits per heavy atom. The molecular formula is C19H19NO2S. The first-order valence-electron chi connectivity index (χ1n) is 7.50. The highest BCUT2D eigenvalue weighted by Gasteiger charge is 2.25. The third-order valence-electron chi connectivity index (χ3n) is 3.62. The Labute approximate surface area is 141 Å². The second kappa shape index (κ2) is 8.34. The summed E-state index contributed by atoms with van der Waals surface area (Å²) in [6, 6.07) is 17.9. The van der Waals surface area contributed by atoms with Gasteiger partial charge in [-0.2, -0.15) is 0 Å². The van der Waals surface area contributed by atoms with Gasteiger partial charge in [-0.1, -0.05) is 67.7 Å². The molecule has 0 fully saturated rings. The van der Waals surface area contributed by atoms with Gasteiger partial charge in [-0.05, 0) is 29.5 Å². The molecule has 0 aliphatic rings. The molecule has 0 aliphatic carbocycles. The molecule has 2 aromatic rings. The summed E-state index contributed by atoms with van der Waals surface area (Å²) < 4.78 is 0. The standard InChI is InChI=1S/C19H19NO2S/c1-14(13-23)18(21)17(12-15-8-4-2-5-9-15)20-19(22)16-10-6-3-7-11-16/h2-11,13-14,17H,12H2,1H3,(H,20,22). The summed E-state index contributed by atoms with van der Waals surface area (Å²) >= 11 is 4.88. The second-order valence-corrected chi connectivity index (χ2v) is 5.68. The molecule has 2 rings (SSSR count). The molecule has 2 aromatic carbocycles. The third-order valence-corrected chi connectivity index (χ3v) is 4.03. The Hall–Kier alpha value is -2.33. The molecule has 4 heteroatoms. The van der Waals surface area contributed by atoms with Crippen molar-refractivity contribution in [1.82, 2.24) is 5.32 Å². The van der Waals surface area contributed by atoms with Crippen LogP contribution in [0.2, 0.25) is 0 Å². The first-order chi connectivity index (χ1) is 11.1. The van der Waals surface area contributed by atoms with Gasteiger partial charge >= 0.3 is 0 Å². The van der Waals surface area contributed by atoms with E-state index in [2.05, 4.69) is 5.32 Å². The van der Waals surface area contributed by atoms with Crippen LogP contribution in [0.1, 0.15) is 22.8 Å². The summed E-state index contributed by atoms with van der Waals surface area (Å²) in [4.78, 5) is 24.9. The second-order valence-electron chi connectivity index (χ2n) is 5.41. The smallest absolute Gasteiger partial charge is 0.251 e.